The van der Waals surface area contributed by atoms with Gasteiger partial charge >= 0.3 is 0 Å². The maximum Gasteiger partial charge on any atom is 0.190 e. The van der Waals surface area contributed by atoms with Gasteiger partial charge in [-0.15, -0.1) is 12.6 Å². The molecule has 0 N–H and O–H groups in total. The van der Waals surface area contributed by atoms with Gasteiger partial charge in [0.2, 0.25) is 0 Å². The highest BCUT2D eigenvalue weighted by Crippen LogP contribution is 2.25. The first-order chi connectivity index (χ1) is 7.65. The average Bonchev–Trinajstić information content (AvgIpc) is 2.20. The summed E-state index contributed by atoms with van der Waals surface area (Å²) in [5.74, 6) is -1.68. The van der Waals surface area contributed by atoms with E-state index in [9.17, 15) is 8.78 Å². The van der Waals surface area contributed by atoms with Gasteiger partial charge < -0.3 is 4.74 Å². The Morgan fingerprint density at radius 1 is 1.12 bits per heavy atom. The predicted molar refractivity (Wildman–Crippen MR) is 63.2 cm³/mol. The van der Waals surface area contributed by atoms with Gasteiger partial charge in [-0.1, -0.05) is 26.2 Å². The van der Waals surface area contributed by atoms with E-state index < -0.39 is 11.6 Å². The van der Waals surface area contributed by atoms with Crippen LogP contribution in [0.15, 0.2) is 17.0 Å². The highest BCUT2D eigenvalue weighted by Gasteiger charge is 2.11. The quantitative estimate of drug-likeness (QED) is 0.584. The van der Waals surface area contributed by atoms with Crippen LogP contribution in [-0.4, -0.2) is 6.61 Å². The van der Waals surface area contributed by atoms with Crippen molar-refractivity contribution in [3.05, 3.63) is 23.8 Å². The van der Waals surface area contributed by atoms with Gasteiger partial charge in [0.05, 0.1) is 6.61 Å². The molecule has 0 aliphatic heterocycles. The van der Waals surface area contributed by atoms with Crippen LogP contribution in [0.1, 0.15) is 32.6 Å². The molecule has 0 bridgehead atoms. The van der Waals surface area contributed by atoms with E-state index in [1.165, 1.54) is 0 Å². The van der Waals surface area contributed by atoms with Gasteiger partial charge in [-0.2, -0.15) is 0 Å². The Morgan fingerprint density at radius 3 is 2.31 bits per heavy atom. The Kier molecular flexibility index (Phi) is 5.60. The number of benzene rings is 1. The zero-order valence-corrected chi connectivity index (χ0v) is 10.2. The Hall–Kier alpha value is -0.770. The molecule has 0 spiro atoms. The molecule has 0 atom stereocenters. The van der Waals surface area contributed by atoms with Crippen molar-refractivity contribution in [3.8, 4) is 5.75 Å². The minimum atomic E-state index is -0.694. The first-order valence-corrected chi connectivity index (χ1v) is 5.90. The van der Waals surface area contributed by atoms with Crippen LogP contribution in [0.2, 0.25) is 0 Å². The molecule has 0 saturated carbocycles. The van der Waals surface area contributed by atoms with E-state index in [4.69, 9.17) is 4.74 Å². The molecule has 16 heavy (non-hydrogen) atoms. The van der Waals surface area contributed by atoms with Crippen LogP contribution in [0.5, 0.6) is 5.75 Å². The van der Waals surface area contributed by atoms with E-state index in [0.717, 1.165) is 37.8 Å². The van der Waals surface area contributed by atoms with Crippen LogP contribution in [0.3, 0.4) is 0 Å². The van der Waals surface area contributed by atoms with E-state index >= 15 is 0 Å². The Bertz CT molecular complexity index is 319. The third kappa shape index (κ3) is 4.00. The lowest BCUT2D eigenvalue weighted by molar-refractivity contribution is 0.275. The molecule has 0 unspecified atom stereocenters. The highest BCUT2D eigenvalue weighted by atomic mass is 32.1. The molecule has 0 radical (unpaired) electrons. The van der Waals surface area contributed by atoms with E-state index in [1.54, 1.807) is 0 Å². The first-order valence-electron chi connectivity index (χ1n) is 5.46. The summed E-state index contributed by atoms with van der Waals surface area (Å²) >= 11 is 3.87. The molecular weight excluding hydrogens is 230 g/mol. The fourth-order valence-corrected chi connectivity index (χ4v) is 1.61. The molecule has 0 aromatic heterocycles. The summed E-state index contributed by atoms with van der Waals surface area (Å²) in [5, 5.41) is 0. The molecule has 1 nitrogen and oxygen atoms in total. The third-order valence-electron chi connectivity index (χ3n) is 2.23. The number of halogens is 2. The summed E-state index contributed by atoms with van der Waals surface area (Å²) in [7, 11) is 0. The number of ether oxygens (including phenoxy) is 1. The predicted octanol–water partition coefficient (Wildman–Crippen LogP) is 4.21. The van der Waals surface area contributed by atoms with Crippen LogP contribution in [-0.2, 0) is 0 Å². The second-order valence-electron chi connectivity index (χ2n) is 3.65. The second kappa shape index (κ2) is 6.74. The zero-order valence-electron chi connectivity index (χ0n) is 9.30. The second-order valence-corrected chi connectivity index (χ2v) is 4.16. The van der Waals surface area contributed by atoms with Gasteiger partial charge in [-0.25, -0.2) is 8.78 Å². The smallest absolute Gasteiger partial charge is 0.190 e. The number of hydrogen-bond acceptors (Lipinski definition) is 2. The van der Waals surface area contributed by atoms with Crippen molar-refractivity contribution in [2.24, 2.45) is 0 Å². The number of rotatable bonds is 6. The van der Waals surface area contributed by atoms with Gasteiger partial charge in [-0.05, 0) is 18.6 Å². The minimum absolute atomic E-state index is 0.258. The summed E-state index contributed by atoms with van der Waals surface area (Å²) in [6.07, 6.45) is 4.07. The topological polar surface area (TPSA) is 9.23 Å². The number of thiol groups is 1. The highest BCUT2D eigenvalue weighted by molar-refractivity contribution is 7.80. The van der Waals surface area contributed by atoms with Gasteiger partial charge in [0, 0.05) is 4.90 Å². The third-order valence-corrected chi connectivity index (χ3v) is 2.49. The molecule has 0 saturated heterocycles. The van der Waals surface area contributed by atoms with E-state index in [-0.39, 0.29) is 10.6 Å². The van der Waals surface area contributed by atoms with Crippen LogP contribution in [0, 0.1) is 11.6 Å². The molecule has 4 heteroatoms. The van der Waals surface area contributed by atoms with Crippen molar-refractivity contribution >= 4 is 12.6 Å². The van der Waals surface area contributed by atoms with Crippen LogP contribution in [0.25, 0.3) is 0 Å². The first kappa shape index (κ1) is 13.3. The Balaban J connectivity index is 2.47. The van der Waals surface area contributed by atoms with E-state index in [2.05, 4.69) is 19.6 Å². The van der Waals surface area contributed by atoms with Crippen molar-refractivity contribution in [3.63, 3.8) is 0 Å². The van der Waals surface area contributed by atoms with Crippen molar-refractivity contribution in [1.29, 1.82) is 0 Å². The van der Waals surface area contributed by atoms with Crippen molar-refractivity contribution < 1.29 is 13.5 Å². The molecule has 0 fully saturated rings. The SMILES string of the molecule is CCCCCCOc1c(F)cc(S)cc1F. The lowest BCUT2D eigenvalue weighted by Gasteiger charge is -2.08. The van der Waals surface area contributed by atoms with Crippen LogP contribution < -0.4 is 4.74 Å². The summed E-state index contributed by atoms with van der Waals surface area (Å²) in [5.41, 5.74) is 0. The maximum absolute atomic E-state index is 13.3. The average molecular weight is 246 g/mol. The summed E-state index contributed by atoms with van der Waals surface area (Å²) in [6, 6.07) is 2.29. The van der Waals surface area contributed by atoms with E-state index in [1.807, 2.05) is 0 Å². The fourth-order valence-electron chi connectivity index (χ4n) is 1.39. The van der Waals surface area contributed by atoms with Crippen LogP contribution >= 0.6 is 12.6 Å². The summed E-state index contributed by atoms with van der Waals surface area (Å²) in [6.45, 7) is 2.45. The maximum atomic E-state index is 13.3. The largest absolute Gasteiger partial charge is 0.488 e. The molecule has 0 aliphatic carbocycles. The molecule has 0 aliphatic rings. The fraction of sp³-hybridized carbons (Fsp3) is 0.500. The van der Waals surface area contributed by atoms with Crippen molar-refractivity contribution in [2.75, 3.05) is 6.61 Å². The molecule has 90 valence electrons. The standard InChI is InChI=1S/C12H16F2OS/c1-2-3-4-5-6-15-12-10(13)7-9(16)8-11(12)14/h7-8,16H,2-6H2,1H3. The Morgan fingerprint density at radius 2 is 1.75 bits per heavy atom. The van der Waals surface area contributed by atoms with Crippen LogP contribution in [0.4, 0.5) is 8.78 Å². The Labute approximate surface area is 100 Å². The molecule has 0 amide bonds. The van der Waals surface area contributed by atoms with E-state index in [0.29, 0.717) is 6.61 Å². The molecule has 1 aromatic rings. The lowest BCUT2D eigenvalue weighted by Crippen LogP contribution is -2.01. The van der Waals surface area contributed by atoms with Gasteiger partial charge in [-0.3, -0.25) is 0 Å². The normalized spacial score (nSPS) is 10.5. The summed E-state index contributed by atoms with van der Waals surface area (Å²) in [4.78, 5) is 0.258. The summed E-state index contributed by atoms with van der Waals surface area (Å²) < 4.78 is 31.6. The monoisotopic (exact) mass is 246 g/mol. The van der Waals surface area contributed by atoms with Gasteiger partial charge in [0.25, 0.3) is 0 Å². The molecular formula is C12H16F2OS. The van der Waals surface area contributed by atoms with Gasteiger partial charge in [0.1, 0.15) is 0 Å². The molecule has 1 rings (SSSR count). The molecule has 0 heterocycles. The number of unbranched alkanes of at least 4 members (excludes halogenated alkanes) is 3. The molecule has 1 aromatic carbocycles. The minimum Gasteiger partial charge on any atom is -0.488 e. The zero-order chi connectivity index (χ0) is 12.0. The van der Waals surface area contributed by atoms with Crippen molar-refractivity contribution in [2.45, 2.75) is 37.5 Å². The van der Waals surface area contributed by atoms with Crippen molar-refractivity contribution in [1.82, 2.24) is 0 Å². The van der Waals surface area contributed by atoms with Gasteiger partial charge in [0.15, 0.2) is 17.4 Å². The lowest BCUT2D eigenvalue weighted by atomic mass is 10.2. The number of hydrogen-bond donors (Lipinski definition) is 1.